The van der Waals surface area contributed by atoms with E-state index in [1.165, 1.54) is 21.7 Å². The van der Waals surface area contributed by atoms with E-state index in [9.17, 15) is 13.6 Å². The van der Waals surface area contributed by atoms with Crippen LogP contribution in [0.1, 0.15) is 24.0 Å². The minimum Gasteiger partial charge on any atom is -0.359 e. The number of carbonyl (C=O) groups is 1. The molecule has 8 nitrogen and oxygen atoms in total. The molecule has 1 unspecified atom stereocenters. The van der Waals surface area contributed by atoms with E-state index in [-0.39, 0.29) is 10.6 Å². The summed E-state index contributed by atoms with van der Waals surface area (Å²) in [7, 11) is 4.86. The first kappa shape index (κ1) is 25.0. The number of thioether (sulfide) groups is 1. The van der Waals surface area contributed by atoms with Crippen molar-refractivity contribution in [1.29, 1.82) is 5.26 Å². The lowest BCUT2D eigenvalue weighted by atomic mass is 10.0. The normalized spacial score (nSPS) is 17.7. The third-order valence-electron chi connectivity index (χ3n) is 5.13. The summed E-state index contributed by atoms with van der Waals surface area (Å²) >= 11 is 1.21. The van der Waals surface area contributed by atoms with Gasteiger partial charge in [-0.25, -0.2) is 13.6 Å². The maximum Gasteiger partial charge on any atom is 0.341 e. The molecule has 0 spiro atoms. The van der Waals surface area contributed by atoms with E-state index in [4.69, 9.17) is 5.26 Å². The fourth-order valence-corrected chi connectivity index (χ4v) is 4.92. The molecular formula is C23H25F2N7OS. The number of benzene rings is 2. The van der Waals surface area contributed by atoms with Crippen LogP contribution in [-0.2, 0) is 4.87 Å². The number of hydrogen-bond donors (Lipinski definition) is 2. The summed E-state index contributed by atoms with van der Waals surface area (Å²) in [5.74, 6) is -0.889. The molecular weight excluding hydrogens is 460 g/mol. The lowest BCUT2D eigenvalue weighted by molar-refractivity contribution is 0.138. The van der Waals surface area contributed by atoms with Crippen molar-refractivity contribution in [3.63, 3.8) is 0 Å². The van der Waals surface area contributed by atoms with E-state index in [1.54, 1.807) is 27.3 Å². The summed E-state index contributed by atoms with van der Waals surface area (Å²) in [6.45, 7) is 0.449. The number of guanidine groups is 1. The third-order valence-corrected chi connectivity index (χ3v) is 6.57. The van der Waals surface area contributed by atoms with Crippen LogP contribution in [0, 0.1) is 23.1 Å². The third kappa shape index (κ3) is 5.28. The smallest absolute Gasteiger partial charge is 0.341 e. The minimum absolute atomic E-state index is 0.00360. The molecule has 0 saturated carbocycles. The largest absolute Gasteiger partial charge is 0.359 e. The van der Waals surface area contributed by atoms with E-state index in [2.05, 4.69) is 20.7 Å². The van der Waals surface area contributed by atoms with Gasteiger partial charge in [-0.05, 0) is 36.6 Å². The van der Waals surface area contributed by atoms with Crippen LogP contribution in [0.15, 0.2) is 58.6 Å². The predicted octanol–water partition coefficient (Wildman–Crippen LogP) is 3.64. The topological polar surface area (TPSA) is 96.1 Å². The molecule has 2 aromatic carbocycles. The predicted molar refractivity (Wildman–Crippen MR) is 129 cm³/mol. The first-order valence-electron chi connectivity index (χ1n) is 10.5. The van der Waals surface area contributed by atoms with Gasteiger partial charge in [0.05, 0.1) is 0 Å². The fourth-order valence-electron chi connectivity index (χ4n) is 3.50. The Hall–Kier alpha value is -3.65. The van der Waals surface area contributed by atoms with E-state index < -0.39 is 22.5 Å². The van der Waals surface area contributed by atoms with E-state index in [0.29, 0.717) is 25.3 Å². The van der Waals surface area contributed by atoms with Crippen molar-refractivity contribution in [2.45, 2.75) is 17.7 Å². The van der Waals surface area contributed by atoms with Gasteiger partial charge in [-0.1, -0.05) is 42.1 Å². The SMILES string of the molecule is CN/C(=N/C#N)NCCCC1(c2ccccc2)SC(c2cc(F)ccc2F)=NN1C(=O)N(C)C. The Morgan fingerprint density at radius 1 is 1.26 bits per heavy atom. The van der Waals surface area contributed by atoms with Crippen molar-refractivity contribution < 1.29 is 13.6 Å². The molecule has 1 atom stereocenters. The zero-order valence-electron chi connectivity index (χ0n) is 19.0. The van der Waals surface area contributed by atoms with Gasteiger partial charge in [0.1, 0.15) is 21.5 Å². The van der Waals surface area contributed by atoms with Gasteiger partial charge in [0.15, 0.2) is 0 Å². The van der Waals surface area contributed by atoms with Crippen molar-refractivity contribution in [3.05, 3.63) is 71.3 Å². The molecule has 2 N–H and O–H groups in total. The summed E-state index contributed by atoms with van der Waals surface area (Å²) in [5.41, 5.74) is 0.793. The first-order valence-corrected chi connectivity index (χ1v) is 11.3. The van der Waals surface area contributed by atoms with Crippen molar-refractivity contribution in [2.75, 3.05) is 27.7 Å². The quantitative estimate of drug-likeness (QED) is 0.282. The summed E-state index contributed by atoms with van der Waals surface area (Å²) in [5, 5.41) is 20.6. The number of nitrogens with zero attached hydrogens (tertiary/aromatic N) is 5. The number of amides is 2. The van der Waals surface area contributed by atoms with Gasteiger partial charge < -0.3 is 15.5 Å². The highest BCUT2D eigenvalue weighted by Crippen LogP contribution is 2.50. The second-order valence-electron chi connectivity index (χ2n) is 7.61. The van der Waals surface area contributed by atoms with Crippen LogP contribution in [-0.4, -0.2) is 54.6 Å². The van der Waals surface area contributed by atoms with E-state index >= 15 is 0 Å². The molecule has 34 heavy (non-hydrogen) atoms. The molecule has 1 aliphatic rings. The van der Waals surface area contributed by atoms with Gasteiger partial charge in [-0.2, -0.15) is 15.4 Å². The zero-order valence-corrected chi connectivity index (χ0v) is 19.9. The number of urea groups is 1. The number of hydrogen-bond acceptors (Lipinski definition) is 5. The van der Waals surface area contributed by atoms with Gasteiger partial charge >= 0.3 is 6.03 Å². The molecule has 1 heterocycles. The highest BCUT2D eigenvalue weighted by atomic mass is 32.2. The van der Waals surface area contributed by atoms with E-state index in [1.807, 2.05) is 30.3 Å². The Morgan fingerprint density at radius 3 is 2.65 bits per heavy atom. The van der Waals surface area contributed by atoms with Crippen molar-refractivity contribution in [3.8, 4) is 6.19 Å². The molecule has 0 aromatic heterocycles. The maximum atomic E-state index is 14.6. The molecule has 0 saturated heterocycles. The number of aliphatic imine (C=N–C) groups is 1. The minimum atomic E-state index is -0.995. The summed E-state index contributed by atoms with van der Waals surface area (Å²) in [6.07, 6.45) is 2.71. The van der Waals surface area contributed by atoms with Crippen LogP contribution in [0.25, 0.3) is 0 Å². The van der Waals surface area contributed by atoms with Crippen molar-refractivity contribution in [1.82, 2.24) is 20.5 Å². The molecule has 3 rings (SSSR count). The number of nitriles is 1. The lowest BCUT2D eigenvalue weighted by Gasteiger charge is -2.37. The van der Waals surface area contributed by atoms with Gasteiger partial charge in [0, 0.05) is 33.3 Å². The molecule has 178 valence electrons. The average molecular weight is 486 g/mol. The monoisotopic (exact) mass is 485 g/mol. The molecule has 11 heteroatoms. The van der Waals surface area contributed by atoms with Crippen LogP contribution in [0.4, 0.5) is 13.6 Å². The summed E-state index contributed by atoms with van der Waals surface area (Å²) < 4.78 is 28.6. The number of halogens is 2. The highest BCUT2D eigenvalue weighted by molar-refractivity contribution is 8.15. The van der Waals surface area contributed by atoms with Crippen molar-refractivity contribution in [2.24, 2.45) is 10.1 Å². The number of nitrogens with one attached hydrogen (secondary N) is 2. The molecule has 0 aliphatic carbocycles. The van der Waals surface area contributed by atoms with E-state index in [0.717, 1.165) is 23.8 Å². The van der Waals surface area contributed by atoms with Crippen LogP contribution in [0.2, 0.25) is 0 Å². The second kappa shape index (κ2) is 11.0. The van der Waals surface area contributed by atoms with Gasteiger partial charge in [-0.3, -0.25) is 0 Å². The maximum absolute atomic E-state index is 14.6. The molecule has 1 aliphatic heterocycles. The van der Waals surface area contributed by atoms with Gasteiger partial charge in [0.2, 0.25) is 12.2 Å². The first-order chi connectivity index (χ1) is 16.3. The molecule has 0 bridgehead atoms. The van der Waals surface area contributed by atoms with Gasteiger partial charge in [-0.15, -0.1) is 4.99 Å². The van der Waals surface area contributed by atoms with Crippen LogP contribution >= 0.6 is 11.8 Å². The van der Waals surface area contributed by atoms with Crippen molar-refractivity contribution >= 4 is 28.8 Å². The standard InChI is InChI=1S/C23H25F2N7OS/c1-27-21(29-15-26)28-13-7-12-23(16-8-5-4-6-9-16)32(22(33)31(2)3)30-20(34-23)18-14-17(24)10-11-19(18)25/h4-6,8-11,14H,7,12-13H2,1-3H3,(H2,27,28,29). The second-order valence-corrected chi connectivity index (χ2v) is 8.88. The lowest BCUT2D eigenvalue weighted by Crippen LogP contribution is -2.46. The Bertz CT molecular complexity index is 1130. The Morgan fingerprint density at radius 2 is 2.00 bits per heavy atom. The van der Waals surface area contributed by atoms with Gasteiger partial charge in [0.25, 0.3) is 0 Å². The molecule has 0 fully saturated rings. The molecule has 2 amide bonds. The average Bonchev–Trinajstić information content (AvgIpc) is 3.23. The fraction of sp³-hybridized carbons (Fsp3) is 0.304. The Labute approximate surface area is 201 Å². The Balaban J connectivity index is 2.00. The highest BCUT2D eigenvalue weighted by Gasteiger charge is 2.49. The Kier molecular flexibility index (Phi) is 8.07. The number of hydrazone groups is 1. The zero-order chi connectivity index (χ0) is 24.7. The number of carbonyl (C=O) groups excluding carboxylic acids is 1. The summed E-state index contributed by atoms with van der Waals surface area (Å²) in [6, 6.07) is 12.1. The van der Waals surface area contributed by atoms with Crippen LogP contribution in [0.3, 0.4) is 0 Å². The number of rotatable bonds is 6. The molecule has 0 radical (unpaired) electrons. The van der Waals surface area contributed by atoms with Crippen LogP contribution < -0.4 is 10.6 Å². The van der Waals surface area contributed by atoms with Crippen LogP contribution in [0.5, 0.6) is 0 Å². The summed E-state index contributed by atoms with van der Waals surface area (Å²) in [4.78, 5) is 17.3. The molecule has 2 aromatic rings.